The first-order valence-corrected chi connectivity index (χ1v) is 30.1. The van der Waals surface area contributed by atoms with Gasteiger partial charge in [0.25, 0.3) is 0 Å². The molecule has 0 aliphatic rings. The first kappa shape index (κ1) is 65.3. The van der Waals surface area contributed by atoms with Gasteiger partial charge in [0, 0.05) is 12.8 Å². The van der Waals surface area contributed by atoms with Gasteiger partial charge in [-0.1, -0.05) is 276 Å². The lowest BCUT2D eigenvalue weighted by Crippen LogP contribution is -2.45. The summed E-state index contributed by atoms with van der Waals surface area (Å²) in [5.41, 5.74) is 0. The molecule has 0 aromatic carbocycles. The molecule has 0 saturated carbocycles. The van der Waals surface area contributed by atoms with Gasteiger partial charge in [0.1, 0.15) is 0 Å². The third-order valence-corrected chi connectivity index (χ3v) is 14.0. The maximum absolute atomic E-state index is 12.5. The summed E-state index contributed by atoms with van der Waals surface area (Å²) in [5.74, 6) is -0.0602. The van der Waals surface area contributed by atoms with Crippen molar-refractivity contribution in [1.82, 2.24) is 5.32 Å². The van der Waals surface area contributed by atoms with Gasteiger partial charge < -0.3 is 20.3 Å². The number of hydrogen-bond acceptors (Lipinski definition) is 5. The summed E-state index contributed by atoms with van der Waals surface area (Å²) in [4.78, 5) is 24.5. The second-order valence-electron chi connectivity index (χ2n) is 20.7. The first-order chi connectivity index (χ1) is 33.0. The fourth-order valence-corrected chi connectivity index (χ4v) is 9.38. The van der Waals surface area contributed by atoms with Crippen LogP contribution in [-0.2, 0) is 14.3 Å². The molecule has 0 radical (unpaired) electrons. The predicted octanol–water partition coefficient (Wildman–Crippen LogP) is 18.6. The fourth-order valence-electron chi connectivity index (χ4n) is 9.38. The second-order valence-corrected chi connectivity index (χ2v) is 20.7. The van der Waals surface area contributed by atoms with Crippen molar-refractivity contribution in [2.75, 3.05) is 13.2 Å². The van der Waals surface area contributed by atoms with E-state index in [-0.39, 0.29) is 18.5 Å². The first-order valence-electron chi connectivity index (χ1n) is 30.1. The Hall–Kier alpha value is -1.66. The van der Waals surface area contributed by atoms with Gasteiger partial charge in [-0.3, -0.25) is 9.59 Å². The summed E-state index contributed by atoms with van der Waals surface area (Å²) in [7, 11) is 0. The predicted molar refractivity (Wildman–Crippen MR) is 292 cm³/mol. The van der Waals surface area contributed by atoms with Crippen LogP contribution in [0.3, 0.4) is 0 Å². The topological polar surface area (TPSA) is 95.9 Å². The highest BCUT2D eigenvalue weighted by Gasteiger charge is 2.20. The molecule has 0 saturated heterocycles. The summed E-state index contributed by atoms with van der Waals surface area (Å²) in [6.07, 6.45) is 68.9. The number of carbonyl (C=O) groups is 2. The molecule has 67 heavy (non-hydrogen) atoms. The van der Waals surface area contributed by atoms with Crippen LogP contribution in [0, 0.1) is 0 Å². The van der Waals surface area contributed by atoms with Crippen LogP contribution in [0.2, 0.25) is 0 Å². The molecule has 6 nitrogen and oxygen atoms in total. The van der Waals surface area contributed by atoms with Crippen LogP contribution < -0.4 is 5.32 Å². The number of ether oxygens (including phenoxy) is 1. The van der Waals surface area contributed by atoms with Crippen molar-refractivity contribution in [2.45, 2.75) is 341 Å². The quantitative estimate of drug-likeness (QED) is 0.0321. The van der Waals surface area contributed by atoms with Gasteiger partial charge in [-0.15, -0.1) is 0 Å². The molecule has 396 valence electrons. The highest BCUT2D eigenvalue weighted by Crippen LogP contribution is 2.17. The van der Waals surface area contributed by atoms with Crippen LogP contribution in [0.25, 0.3) is 0 Å². The van der Waals surface area contributed by atoms with E-state index < -0.39 is 12.1 Å². The van der Waals surface area contributed by atoms with E-state index in [2.05, 4.69) is 43.5 Å². The van der Waals surface area contributed by atoms with Crippen molar-refractivity contribution in [3.8, 4) is 0 Å². The Bertz CT molecular complexity index is 1040. The molecule has 0 fully saturated rings. The van der Waals surface area contributed by atoms with Gasteiger partial charge in [0.15, 0.2) is 0 Å². The number of hydrogen-bond donors (Lipinski definition) is 3. The van der Waals surface area contributed by atoms with Crippen molar-refractivity contribution in [2.24, 2.45) is 0 Å². The summed E-state index contributed by atoms with van der Waals surface area (Å²) in [5, 5.41) is 23.3. The van der Waals surface area contributed by atoms with Gasteiger partial charge in [-0.05, 0) is 64.2 Å². The maximum atomic E-state index is 12.5. The highest BCUT2D eigenvalue weighted by molar-refractivity contribution is 5.76. The number of allylic oxidation sites excluding steroid dienone is 4. The van der Waals surface area contributed by atoms with Gasteiger partial charge in [0.2, 0.25) is 5.91 Å². The monoisotopic (exact) mass is 944 g/mol. The lowest BCUT2D eigenvalue weighted by molar-refractivity contribution is -0.143. The summed E-state index contributed by atoms with van der Waals surface area (Å²) in [6.45, 7) is 4.93. The number of amides is 1. The van der Waals surface area contributed by atoms with E-state index in [1.807, 2.05) is 0 Å². The number of aliphatic hydroxyl groups is 2. The molecule has 2 atom stereocenters. The summed E-state index contributed by atoms with van der Waals surface area (Å²) < 4.78 is 5.47. The standard InChI is InChI=1S/C61H117NO5/c1-3-5-7-9-11-13-15-17-19-22-27-31-35-39-43-47-51-55-61(66)67-56-52-48-44-40-36-32-28-24-21-23-26-30-34-38-42-46-50-54-60(65)62-58(57-63)59(64)53-49-45-41-37-33-29-25-20-18-16-14-12-10-8-6-4-2/h21,24,32,36,58-59,63-64H,3-20,22-23,25-31,33-35,37-57H2,1-2H3,(H,62,65)/b24-21-,36-32-. The molecule has 6 heteroatoms. The van der Waals surface area contributed by atoms with Crippen molar-refractivity contribution < 1.29 is 24.5 Å². The normalized spacial score (nSPS) is 12.7. The average Bonchev–Trinajstić information content (AvgIpc) is 3.33. The number of carbonyl (C=O) groups excluding carboxylic acids is 2. The molecule has 3 N–H and O–H groups in total. The van der Waals surface area contributed by atoms with Crippen LogP contribution in [0.4, 0.5) is 0 Å². The number of rotatable bonds is 56. The van der Waals surface area contributed by atoms with E-state index in [1.54, 1.807) is 0 Å². The third kappa shape index (κ3) is 53.5. The minimum atomic E-state index is -0.675. The zero-order valence-electron chi connectivity index (χ0n) is 45.1. The number of esters is 1. The lowest BCUT2D eigenvalue weighted by Gasteiger charge is -2.22. The SMILES string of the molecule is CCCCCCCCCCCCCCCCCCCC(=O)OCCCCC/C=C\C/C=C\CCCCCCCCCC(=O)NC(CO)C(O)CCCCCCCCCCCCCCCCCC. The average molecular weight is 945 g/mol. The van der Waals surface area contributed by atoms with E-state index in [0.29, 0.717) is 25.9 Å². The Kier molecular flexibility index (Phi) is 55.5. The molecule has 0 aromatic heterocycles. The van der Waals surface area contributed by atoms with E-state index >= 15 is 0 Å². The van der Waals surface area contributed by atoms with Crippen LogP contribution in [-0.4, -0.2) is 47.4 Å². The van der Waals surface area contributed by atoms with Gasteiger partial charge in [-0.25, -0.2) is 0 Å². The third-order valence-electron chi connectivity index (χ3n) is 14.0. The largest absolute Gasteiger partial charge is 0.466 e. The Labute approximate surface area is 418 Å². The molecule has 0 aliphatic carbocycles. The fraction of sp³-hybridized carbons (Fsp3) is 0.902. The number of nitrogens with one attached hydrogen (secondary N) is 1. The number of unbranched alkanes of at least 4 members (excludes halogenated alkanes) is 41. The van der Waals surface area contributed by atoms with Crippen LogP contribution in [0.1, 0.15) is 328 Å². The lowest BCUT2D eigenvalue weighted by atomic mass is 10.0. The summed E-state index contributed by atoms with van der Waals surface area (Å²) in [6, 6.07) is -0.553. The Balaban J connectivity index is 3.47. The van der Waals surface area contributed by atoms with Crippen LogP contribution >= 0.6 is 0 Å². The Morgan fingerprint density at radius 2 is 0.746 bits per heavy atom. The van der Waals surface area contributed by atoms with Crippen LogP contribution in [0.15, 0.2) is 24.3 Å². The van der Waals surface area contributed by atoms with Gasteiger partial charge in [-0.2, -0.15) is 0 Å². The Morgan fingerprint density at radius 1 is 0.418 bits per heavy atom. The molecule has 0 spiro atoms. The smallest absolute Gasteiger partial charge is 0.305 e. The Morgan fingerprint density at radius 3 is 1.13 bits per heavy atom. The highest BCUT2D eigenvalue weighted by atomic mass is 16.5. The second kappa shape index (κ2) is 56.9. The summed E-state index contributed by atoms with van der Waals surface area (Å²) >= 11 is 0. The molecule has 0 bridgehead atoms. The van der Waals surface area contributed by atoms with Crippen LogP contribution in [0.5, 0.6) is 0 Å². The van der Waals surface area contributed by atoms with Crippen molar-refractivity contribution >= 4 is 11.9 Å². The van der Waals surface area contributed by atoms with E-state index in [0.717, 1.165) is 83.5 Å². The van der Waals surface area contributed by atoms with Gasteiger partial charge >= 0.3 is 5.97 Å². The molecule has 0 rings (SSSR count). The molecule has 1 amide bonds. The van der Waals surface area contributed by atoms with E-state index in [4.69, 9.17) is 4.74 Å². The van der Waals surface area contributed by atoms with Gasteiger partial charge in [0.05, 0.1) is 25.4 Å². The molecule has 0 aliphatic heterocycles. The molecule has 0 aromatic rings. The zero-order chi connectivity index (χ0) is 48.6. The zero-order valence-corrected chi connectivity index (χ0v) is 45.1. The molecular formula is C61H117NO5. The molecular weight excluding hydrogens is 827 g/mol. The molecule has 0 heterocycles. The molecule has 2 unspecified atom stereocenters. The van der Waals surface area contributed by atoms with Crippen molar-refractivity contribution in [3.05, 3.63) is 24.3 Å². The minimum Gasteiger partial charge on any atom is -0.466 e. The minimum absolute atomic E-state index is 0.0111. The van der Waals surface area contributed by atoms with E-state index in [9.17, 15) is 19.8 Å². The number of aliphatic hydroxyl groups excluding tert-OH is 2. The van der Waals surface area contributed by atoms with E-state index in [1.165, 1.54) is 212 Å². The maximum Gasteiger partial charge on any atom is 0.305 e. The van der Waals surface area contributed by atoms with Crippen molar-refractivity contribution in [3.63, 3.8) is 0 Å². The van der Waals surface area contributed by atoms with Crippen molar-refractivity contribution in [1.29, 1.82) is 0 Å².